The molecule has 0 spiro atoms. The zero-order valence-electron chi connectivity index (χ0n) is 19.4. The quantitative estimate of drug-likeness (QED) is 0.375. The molecule has 0 unspecified atom stereocenters. The molecule has 2 aromatic carbocycles. The van der Waals surface area contributed by atoms with E-state index in [4.69, 9.17) is 13.9 Å². The lowest BCUT2D eigenvalue weighted by Crippen LogP contribution is -2.41. The Morgan fingerprint density at radius 1 is 1.09 bits per heavy atom. The first-order chi connectivity index (χ1) is 16.7. The molecule has 1 aromatic heterocycles. The fourth-order valence-electron chi connectivity index (χ4n) is 4.16. The van der Waals surface area contributed by atoms with Crippen LogP contribution in [0.15, 0.2) is 62.6 Å². The molecule has 0 atom stereocenters. The Labute approximate surface area is 202 Å². The lowest BCUT2D eigenvalue weighted by molar-refractivity contribution is -0.151. The van der Waals surface area contributed by atoms with Crippen LogP contribution in [0.3, 0.4) is 0 Å². The van der Waals surface area contributed by atoms with Gasteiger partial charge in [0, 0.05) is 30.1 Å². The minimum Gasteiger partial charge on any atom is -0.465 e. The van der Waals surface area contributed by atoms with Crippen LogP contribution in [0.2, 0.25) is 0 Å². The highest BCUT2D eigenvalue weighted by Gasteiger charge is 2.35. The molecule has 9 nitrogen and oxygen atoms in total. The number of piperidine rings is 1. The van der Waals surface area contributed by atoms with Gasteiger partial charge in [-0.25, -0.2) is 18.0 Å². The SMILES string of the molecule is COC(=O)c1ccccc1S(=O)(=O)N1CCC(C(=O)OCc2cc(=O)oc3cc(C)ccc23)CC1. The summed E-state index contributed by atoms with van der Waals surface area (Å²) in [6.07, 6.45) is 0.546. The third-order valence-corrected chi connectivity index (χ3v) is 8.01. The number of carbonyl (C=O) groups excluding carboxylic acids is 2. The summed E-state index contributed by atoms with van der Waals surface area (Å²) < 4.78 is 43.0. The highest BCUT2D eigenvalue weighted by Crippen LogP contribution is 2.27. The maximum Gasteiger partial charge on any atom is 0.339 e. The summed E-state index contributed by atoms with van der Waals surface area (Å²) in [5, 5.41) is 0.688. The fourth-order valence-corrected chi connectivity index (χ4v) is 5.81. The van der Waals surface area contributed by atoms with E-state index in [9.17, 15) is 22.8 Å². The van der Waals surface area contributed by atoms with Crippen LogP contribution in [0, 0.1) is 12.8 Å². The van der Waals surface area contributed by atoms with Crippen LogP contribution >= 0.6 is 0 Å². The molecule has 3 aromatic rings. The van der Waals surface area contributed by atoms with Gasteiger partial charge in [-0.3, -0.25) is 4.79 Å². The summed E-state index contributed by atoms with van der Waals surface area (Å²) in [6.45, 7) is 2.01. The first kappa shape index (κ1) is 24.6. The van der Waals surface area contributed by atoms with Gasteiger partial charge in [0.15, 0.2) is 0 Å². The highest BCUT2D eigenvalue weighted by atomic mass is 32.2. The summed E-state index contributed by atoms with van der Waals surface area (Å²) in [5.74, 6) is -1.67. The van der Waals surface area contributed by atoms with E-state index in [-0.39, 0.29) is 43.0 Å². The molecule has 184 valence electrons. The van der Waals surface area contributed by atoms with E-state index in [0.717, 1.165) is 5.56 Å². The van der Waals surface area contributed by atoms with E-state index in [1.165, 1.54) is 29.6 Å². The lowest BCUT2D eigenvalue weighted by Gasteiger charge is -2.30. The van der Waals surface area contributed by atoms with Crippen molar-refractivity contribution in [1.29, 1.82) is 0 Å². The Bertz CT molecular complexity index is 1440. The van der Waals surface area contributed by atoms with Crippen molar-refractivity contribution >= 4 is 32.9 Å². The van der Waals surface area contributed by atoms with E-state index in [1.54, 1.807) is 18.2 Å². The van der Waals surface area contributed by atoms with Crippen molar-refractivity contribution in [3.05, 3.63) is 75.6 Å². The number of aryl methyl sites for hydroxylation is 1. The number of sulfonamides is 1. The number of esters is 2. The molecule has 0 N–H and O–H groups in total. The molecule has 2 heterocycles. The largest absolute Gasteiger partial charge is 0.465 e. The van der Waals surface area contributed by atoms with Crippen LogP contribution in [0.25, 0.3) is 11.0 Å². The molecule has 0 saturated carbocycles. The van der Waals surface area contributed by atoms with Gasteiger partial charge in [0.25, 0.3) is 0 Å². The smallest absolute Gasteiger partial charge is 0.339 e. The fraction of sp³-hybridized carbons (Fsp3) is 0.320. The van der Waals surface area contributed by atoms with E-state index in [0.29, 0.717) is 16.5 Å². The molecule has 0 aliphatic carbocycles. The number of methoxy groups -OCH3 is 1. The zero-order chi connectivity index (χ0) is 25.2. The van der Waals surface area contributed by atoms with Crippen molar-refractivity contribution in [2.24, 2.45) is 5.92 Å². The summed E-state index contributed by atoms with van der Waals surface area (Å²) in [4.78, 5) is 36.5. The van der Waals surface area contributed by atoms with Crippen molar-refractivity contribution in [3.8, 4) is 0 Å². The van der Waals surface area contributed by atoms with Crippen LogP contribution in [-0.4, -0.2) is 44.9 Å². The first-order valence-corrected chi connectivity index (χ1v) is 12.5. The third-order valence-electron chi connectivity index (χ3n) is 6.05. The number of hydrogen-bond acceptors (Lipinski definition) is 8. The molecular weight excluding hydrogens is 474 g/mol. The molecule has 4 rings (SSSR count). The molecule has 35 heavy (non-hydrogen) atoms. The van der Waals surface area contributed by atoms with E-state index in [1.807, 2.05) is 19.1 Å². The topological polar surface area (TPSA) is 120 Å². The third kappa shape index (κ3) is 5.13. The molecule has 1 aliphatic rings. The average molecular weight is 500 g/mol. The summed E-state index contributed by atoms with van der Waals surface area (Å²) in [7, 11) is -2.76. The van der Waals surface area contributed by atoms with E-state index < -0.39 is 33.5 Å². The first-order valence-electron chi connectivity index (χ1n) is 11.1. The predicted molar refractivity (Wildman–Crippen MR) is 126 cm³/mol. The Hall–Kier alpha value is -3.50. The van der Waals surface area contributed by atoms with Crippen LogP contribution < -0.4 is 5.63 Å². The number of fused-ring (bicyclic) bond motifs is 1. The predicted octanol–water partition coefficient (Wildman–Crippen LogP) is 3.03. The van der Waals surface area contributed by atoms with Gasteiger partial charge in [-0.05, 0) is 43.5 Å². The van der Waals surface area contributed by atoms with Gasteiger partial charge in [0.05, 0.1) is 23.5 Å². The van der Waals surface area contributed by atoms with Gasteiger partial charge in [-0.2, -0.15) is 4.31 Å². The Kier molecular flexibility index (Phi) is 7.04. The summed E-state index contributed by atoms with van der Waals surface area (Å²) >= 11 is 0. The van der Waals surface area contributed by atoms with Gasteiger partial charge < -0.3 is 13.9 Å². The van der Waals surface area contributed by atoms with Crippen molar-refractivity contribution in [2.75, 3.05) is 20.2 Å². The van der Waals surface area contributed by atoms with Gasteiger partial charge in [-0.15, -0.1) is 0 Å². The molecule has 0 bridgehead atoms. The molecule has 10 heteroatoms. The molecular formula is C25H25NO8S. The monoisotopic (exact) mass is 499 g/mol. The van der Waals surface area contributed by atoms with Crippen molar-refractivity contribution in [1.82, 2.24) is 4.31 Å². The maximum atomic E-state index is 13.2. The zero-order valence-corrected chi connectivity index (χ0v) is 20.2. The van der Waals surface area contributed by atoms with Crippen LogP contribution in [0.5, 0.6) is 0 Å². The number of hydrogen-bond donors (Lipinski definition) is 0. The Morgan fingerprint density at radius 3 is 2.51 bits per heavy atom. The van der Waals surface area contributed by atoms with Crippen molar-refractivity contribution < 1.29 is 31.9 Å². The minimum atomic E-state index is -3.95. The molecule has 1 fully saturated rings. The van der Waals surface area contributed by atoms with E-state index >= 15 is 0 Å². The number of carbonyl (C=O) groups is 2. The standard InChI is InChI=1S/C25H25NO8S/c1-16-7-8-19-18(14-23(27)34-21(19)13-16)15-33-24(28)17-9-11-26(12-10-17)35(30,31)22-6-4-3-5-20(22)25(29)32-2/h3-8,13-14,17H,9-12,15H2,1-2H3. The second-order valence-electron chi connectivity index (χ2n) is 8.36. The van der Waals surface area contributed by atoms with Gasteiger partial charge >= 0.3 is 17.6 Å². The van der Waals surface area contributed by atoms with Gasteiger partial charge in [-0.1, -0.05) is 24.3 Å². The van der Waals surface area contributed by atoms with Gasteiger partial charge in [0.2, 0.25) is 10.0 Å². The maximum absolute atomic E-state index is 13.2. The number of rotatable bonds is 6. The Morgan fingerprint density at radius 2 is 1.80 bits per heavy atom. The number of nitrogens with zero attached hydrogens (tertiary/aromatic N) is 1. The summed E-state index contributed by atoms with van der Waals surface area (Å²) in [5.41, 5.74) is 1.34. The normalized spacial score (nSPS) is 15.1. The van der Waals surface area contributed by atoms with Gasteiger partial charge in [0.1, 0.15) is 12.2 Å². The average Bonchev–Trinajstić information content (AvgIpc) is 2.86. The van der Waals surface area contributed by atoms with Crippen LogP contribution in [-0.2, 0) is 30.9 Å². The number of benzene rings is 2. The molecule has 0 radical (unpaired) electrons. The second kappa shape index (κ2) is 10.0. The molecule has 1 aliphatic heterocycles. The summed E-state index contributed by atoms with van der Waals surface area (Å²) in [6, 6.07) is 12.6. The lowest BCUT2D eigenvalue weighted by atomic mass is 9.98. The molecule has 1 saturated heterocycles. The number of ether oxygens (including phenoxy) is 2. The van der Waals surface area contributed by atoms with Crippen LogP contribution in [0.4, 0.5) is 0 Å². The minimum absolute atomic E-state index is 0.0358. The molecule has 0 amide bonds. The van der Waals surface area contributed by atoms with Crippen molar-refractivity contribution in [3.63, 3.8) is 0 Å². The highest BCUT2D eigenvalue weighted by molar-refractivity contribution is 7.89. The van der Waals surface area contributed by atoms with Crippen molar-refractivity contribution in [2.45, 2.75) is 31.3 Å². The second-order valence-corrected chi connectivity index (χ2v) is 10.3. The Balaban J connectivity index is 1.42. The van der Waals surface area contributed by atoms with Crippen LogP contribution in [0.1, 0.15) is 34.3 Å². The van der Waals surface area contributed by atoms with E-state index in [2.05, 4.69) is 0 Å².